The van der Waals surface area contributed by atoms with Gasteiger partial charge in [0, 0.05) is 18.6 Å². The number of alkyl halides is 3. The Bertz CT molecular complexity index is 598. The van der Waals surface area contributed by atoms with Gasteiger partial charge in [-0.05, 0) is 57.7 Å². The van der Waals surface area contributed by atoms with Crippen LogP contribution < -0.4 is 5.73 Å². The summed E-state index contributed by atoms with van der Waals surface area (Å²) in [5.41, 5.74) is 5.43. The summed E-state index contributed by atoms with van der Waals surface area (Å²) in [4.78, 5) is 13.7. The number of carbonyl (C=O) groups excluding carboxylic acids is 1. The number of halogens is 3. The van der Waals surface area contributed by atoms with Crippen molar-refractivity contribution in [1.82, 2.24) is 4.90 Å². The molecule has 1 aromatic rings. The highest BCUT2D eigenvalue weighted by Crippen LogP contribution is 2.30. The predicted molar refractivity (Wildman–Crippen MR) is 89.1 cm³/mol. The summed E-state index contributed by atoms with van der Waals surface area (Å²) in [7, 11) is 0. The van der Waals surface area contributed by atoms with Crippen molar-refractivity contribution in [3.05, 3.63) is 35.4 Å². The number of likely N-dealkylation sites (tertiary alicyclic amines) is 1. The van der Waals surface area contributed by atoms with Crippen molar-refractivity contribution in [1.29, 1.82) is 0 Å². The minimum absolute atomic E-state index is 0.357. The van der Waals surface area contributed by atoms with Crippen LogP contribution in [0.4, 0.5) is 18.0 Å². The predicted octanol–water partition coefficient (Wildman–Crippen LogP) is 3.98. The molecule has 2 rings (SSSR count). The van der Waals surface area contributed by atoms with E-state index in [2.05, 4.69) is 0 Å². The van der Waals surface area contributed by atoms with Crippen LogP contribution in [0.3, 0.4) is 0 Å². The van der Waals surface area contributed by atoms with Crippen LogP contribution in [0.25, 0.3) is 0 Å². The zero-order chi connectivity index (χ0) is 18.9. The Morgan fingerprint density at radius 3 is 2.12 bits per heavy atom. The molecule has 2 N–H and O–H groups in total. The van der Waals surface area contributed by atoms with Crippen molar-refractivity contribution in [2.24, 2.45) is 5.73 Å². The van der Waals surface area contributed by atoms with Crippen LogP contribution in [0.15, 0.2) is 24.3 Å². The molecule has 0 bridgehead atoms. The molecule has 1 aromatic carbocycles. The lowest BCUT2D eigenvalue weighted by molar-refractivity contribution is -0.137. The molecule has 1 heterocycles. The summed E-state index contributed by atoms with van der Waals surface area (Å²) in [5.74, 6) is 0. The van der Waals surface area contributed by atoms with Crippen LogP contribution in [0.2, 0.25) is 0 Å². The molecular formula is C18H25F3N2O2. The first-order chi connectivity index (χ1) is 11.4. The largest absolute Gasteiger partial charge is 0.444 e. The number of nitrogens with zero attached hydrogens (tertiary/aromatic N) is 1. The molecule has 7 heteroatoms. The number of nitrogens with two attached hydrogens (primary N) is 1. The minimum Gasteiger partial charge on any atom is -0.444 e. The maximum Gasteiger partial charge on any atom is 0.416 e. The van der Waals surface area contributed by atoms with Crippen molar-refractivity contribution in [2.45, 2.75) is 57.3 Å². The average molecular weight is 358 g/mol. The summed E-state index contributed by atoms with van der Waals surface area (Å²) in [6.07, 6.45) is -3.06. The molecule has 0 spiro atoms. The highest BCUT2D eigenvalue weighted by atomic mass is 19.4. The molecule has 1 saturated heterocycles. The molecular weight excluding hydrogens is 333 g/mol. The monoisotopic (exact) mass is 358 g/mol. The Morgan fingerprint density at radius 2 is 1.68 bits per heavy atom. The van der Waals surface area contributed by atoms with Gasteiger partial charge in [-0.1, -0.05) is 12.1 Å². The second-order valence-electron chi connectivity index (χ2n) is 7.70. The molecule has 1 aliphatic rings. The van der Waals surface area contributed by atoms with Crippen molar-refractivity contribution in [3.63, 3.8) is 0 Å². The third-order valence-corrected chi connectivity index (χ3v) is 4.25. The molecule has 1 aliphatic heterocycles. The Hall–Kier alpha value is -1.76. The molecule has 0 unspecified atom stereocenters. The number of ether oxygens (including phenoxy) is 1. The lowest BCUT2D eigenvalue weighted by Crippen LogP contribution is -2.53. The molecule has 1 fully saturated rings. The van der Waals surface area contributed by atoms with Gasteiger partial charge in [-0.15, -0.1) is 0 Å². The number of rotatable bonds is 2. The van der Waals surface area contributed by atoms with E-state index in [1.807, 2.05) is 20.8 Å². The third kappa shape index (κ3) is 5.63. The molecule has 140 valence electrons. The normalized spacial score (nSPS) is 18.1. The molecule has 0 aliphatic carbocycles. The quantitative estimate of drug-likeness (QED) is 0.870. The maximum absolute atomic E-state index is 12.6. The van der Waals surface area contributed by atoms with Gasteiger partial charge in [-0.3, -0.25) is 0 Å². The second-order valence-corrected chi connectivity index (χ2v) is 7.70. The number of amides is 1. The van der Waals surface area contributed by atoms with Gasteiger partial charge in [0.2, 0.25) is 0 Å². The van der Waals surface area contributed by atoms with Gasteiger partial charge in [0.05, 0.1) is 5.56 Å². The highest BCUT2D eigenvalue weighted by molar-refractivity contribution is 5.68. The van der Waals surface area contributed by atoms with Crippen LogP contribution >= 0.6 is 0 Å². The van der Waals surface area contributed by atoms with Crippen molar-refractivity contribution in [2.75, 3.05) is 13.1 Å². The van der Waals surface area contributed by atoms with Crippen LogP contribution in [-0.4, -0.2) is 35.2 Å². The molecule has 25 heavy (non-hydrogen) atoms. The fourth-order valence-electron chi connectivity index (χ4n) is 2.86. The molecule has 1 amide bonds. The number of piperidine rings is 1. The molecule has 0 radical (unpaired) electrons. The van der Waals surface area contributed by atoms with E-state index >= 15 is 0 Å². The highest BCUT2D eigenvalue weighted by Gasteiger charge is 2.35. The summed E-state index contributed by atoms with van der Waals surface area (Å²) < 4.78 is 43.2. The lowest BCUT2D eigenvalue weighted by Gasteiger charge is -2.39. The first kappa shape index (κ1) is 19.6. The standard InChI is InChI=1S/C18H25F3N2O2/c1-16(2,3)25-15(24)23-10-8-17(22,9-11-23)12-13-4-6-14(7-5-13)18(19,20)21/h4-7H,8-12,22H2,1-3H3. The van der Waals surface area contributed by atoms with Crippen LogP contribution in [0.5, 0.6) is 0 Å². The second kappa shape index (κ2) is 6.86. The van der Waals surface area contributed by atoms with E-state index in [1.54, 1.807) is 4.90 Å². The van der Waals surface area contributed by atoms with Crippen molar-refractivity contribution in [3.8, 4) is 0 Å². The minimum atomic E-state index is -4.34. The van der Waals surface area contributed by atoms with E-state index < -0.39 is 22.9 Å². The van der Waals surface area contributed by atoms with Gasteiger partial charge in [0.1, 0.15) is 5.60 Å². The Balaban J connectivity index is 1.93. The number of carbonyl (C=O) groups is 1. The smallest absolute Gasteiger partial charge is 0.416 e. The van der Waals surface area contributed by atoms with Gasteiger partial charge >= 0.3 is 12.3 Å². The summed E-state index contributed by atoms with van der Waals surface area (Å²) in [6.45, 7) is 6.39. The Morgan fingerprint density at radius 1 is 1.16 bits per heavy atom. The van der Waals surface area contributed by atoms with Gasteiger partial charge in [-0.2, -0.15) is 13.2 Å². The SMILES string of the molecule is CC(C)(C)OC(=O)N1CCC(N)(Cc2ccc(C(F)(F)F)cc2)CC1. The zero-order valence-electron chi connectivity index (χ0n) is 14.8. The number of hydrogen-bond donors (Lipinski definition) is 1. The maximum atomic E-state index is 12.6. The van der Waals surface area contributed by atoms with E-state index in [1.165, 1.54) is 12.1 Å². The first-order valence-electron chi connectivity index (χ1n) is 8.31. The van der Waals surface area contributed by atoms with Gasteiger partial charge in [-0.25, -0.2) is 4.79 Å². The van der Waals surface area contributed by atoms with Crippen LogP contribution in [-0.2, 0) is 17.3 Å². The third-order valence-electron chi connectivity index (χ3n) is 4.25. The topological polar surface area (TPSA) is 55.6 Å². The van der Waals surface area contributed by atoms with E-state index in [-0.39, 0.29) is 6.09 Å². The van der Waals surface area contributed by atoms with E-state index in [0.29, 0.717) is 32.4 Å². The van der Waals surface area contributed by atoms with Crippen LogP contribution in [0.1, 0.15) is 44.7 Å². The fourth-order valence-corrected chi connectivity index (χ4v) is 2.86. The summed E-state index contributed by atoms with van der Waals surface area (Å²) in [5, 5.41) is 0. The Labute approximate surface area is 146 Å². The van der Waals surface area contributed by atoms with E-state index in [9.17, 15) is 18.0 Å². The van der Waals surface area contributed by atoms with Crippen molar-refractivity contribution >= 4 is 6.09 Å². The van der Waals surface area contributed by atoms with E-state index in [4.69, 9.17) is 10.5 Å². The zero-order valence-corrected chi connectivity index (χ0v) is 14.8. The number of benzene rings is 1. The van der Waals surface area contributed by atoms with Crippen LogP contribution in [0, 0.1) is 0 Å². The number of hydrogen-bond acceptors (Lipinski definition) is 3. The molecule has 0 atom stereocenters. The average Bonchev–Trinajstić information content (AvgIpc) is 2.45. The van der Waals surface area contributed by atoms with Gasteiger partial charge in [0.25, 0.3) is 0 Å². The lowest BCUT2D eigenvalue weighted by atomic mass is 9.83. The van der Waals surface area contributed by atoms with E-state index in [0.717, 1.165) is 17.7 Å². The fraction of sp³-hybridized carbons (Fsp3) is 0.611. The molecule has 0 saturated carbocycles. The van der Waals surface area contributed by atoms with Gasteiger partial charge in [0.15, 0.2) is 0 Å². The molecule has 0 aromatic heterocycles. The first-order valence-corrected chi connectivity index (χ1v) is 8.31. The van der Waals surface area contributed by atoms with Crippen molar-refractivity contribution < 1.29 is 22.7 Å². The summed E-state index contributed by atoms with van der Waals surface area (Å²) >= 11 is 0. The summed E-state index contributed by atoms with van der Waals surface area (Å²) in [6, 6.07) is 5.10. The molecule has 4 nitrogen and oxygen atoms in total. The van der Waals surface area contributed by atoms with Gasteiger partial charge < -0.3 is 15.4 Å². The Kier molecular flexibility index (Phi) is 5.37.